The lowest BCUT2D eigenvalue weighted by molar-refractivity contribution is -0.120. The van der Waals surface area contributed by atoms with E-state index in [0.29, 0.717) is 16.8 Å². The van der Waals surface area contributed by atoms with Gasteiger partial charge in [0, 0.05) is 17.7 Å². The maximum absolute atomic E-state index is 14.4. The topological polar surface area (TPSA) is 110 Å². The molecule has 3 aromatic carbocycles. The molecule has 0 radical (unpaired) electrons. The normalized spacial score (nSPS) is 10.2. The number of carbonyl (C=O) groups is 1. The van der Waals surface area contributed by atoms with Gasteiger partial charge in [-0.15, -0.1) is 12.8 Å². The standard InChI is InChI=1S/C24H21FN4O.H3NS/c25-21-13-19(22-15-28-24(26)29-22)10-11-20(21)14-27-23(30)12-16-6-8-18(9-7-16)17-4-2-1-3-5-17;1-2/h1-11,13,15H,12,14H2,(H,27,30)(H3,26,28,29);2H,1H2. The Labute approximate surface area is 191 Å². The van der Waals surface area contributed by atoms with E-state index in [1.165, 1.54) is 6.07 Å². The SMILES string of the molecule is NS.Nc1ncc(-c2ccc(CNC(=O)Cc3ccc(-c4ccccc4)cc3)c(F)c2)[nH]1. The summed E-state index contributed by atoms with van der Waals surface area (Å²) in [6, 6.07) is 22.7. The molecule has 0 saturated heterocycles. The van der Waals surface area contributed by atoms with Crippen molar-refractivity contribution in [1.82, 2.24) is 15.3 Å². The van der Waals surface area contributed by atoms with E-state index in [0.717, 1.165) is 16.7 Å². The first-order valence-electron chi connectivity index (χ1n) is 9.84. The van der Waals surface area contributed by atoms with Gasteiger partial charge in [0.15, 0.2) is 5.95 Å². The molecule has 0 atom stereocenters. The fourth-order valence-corrected chi connectivity index (χ4v) is 3.23. The highest BCUT2D eigenvalue weighted by Crippen LogP contribution is 2.21. The number of thiol groups is 1. The number of nitrogen functional groups attached to an aromatic ring is 1. The first-order chi connectivity index (χ1) is 15.6. The Kier molecular flexibility index (Phi) is 8.02. The van der Waals surface area contributed by atoms with E-state index in [2.05, 4.69) is 33.2 Å². The Hall–Kier alpha value is -3.62. The van der Waals surface area contributed by atoms with Gasteiger partial charge in [0.2, 0.25) is 5.91 Å². The molecule has 1 heterocycles. The van der Waals surface area contributed by atoms with Crippen molar-refractivity contribution < 1.29 is 9.18 Å². The van der Waals surface area contributed by atoms with Crippen LogP contribution in [0.2, 0.25) is 0 Å². The number of benzene rings is 3. The van der Waals surface area contributed by atoms with Crippen LogP contribution in [0.4, 0.5) is 10.3 Å². The van der Waals surface area contributed by atoms with Gasteiger partial charge < -0.3 is 16.0 Å². The van der Waals surface area contributed by atoms with Gasteiger partial charge in [-0.25, -0.2) is 9.37 Å². The second-order valence-electron chi connectivity index (χ2n) is 7.00. The number of aromatic amines is 1. The number of nitrogens with zero attached hydrogens (tertiary/aromatic N) is 1. The Bertz CT molecular complexity index is 1160. The zero-order valence-corrected chi connectivity index (χ0v) is 18.1. The molecule has 32 heavy (non-hydrogen) atoms. The maximum Gasteiger partial charge on any atom is 0.224 e. The van der Waals surface area contributed by atoms with Crippen LogP contribution in [0.3, 0.4) is 0 Å². The molecule has 8 heteroatoms. The average molecular weight is 450 g/mol. The van der Waals surface area contributed by atoms with Gasteiger partial charge in [-0.1, -0.05) is 66.7 Å². The Morgan fingerprint density at radius 3 is 2.25 bits per heavy atom. The van der Waals surface area contributed by atoms with Crippen molar-refractivity contribution in [3.8, 4) is 22.4 Å². The van der Waals surface area contributed by atoms with Gasteiger partial charge >= 0.3 is 0 Å². The minimum atomic E-state index is -0.395. The quantitative estimate of drug-likeness (QED) is 0.285. The number of hydrogen-bond donors (Lipinski definition) is 5. The van der Waals surface area contributed by atoms with Crippen LogP contribution in [-0.4, -0.2) is 15.9 Å². The van der Waals surface area contributed by atoms with Crippen LogP contribution in [0.1, 0.15) is 11.1 Å². The predicted molar refractivity (Wildman–Crippen MR) is 129 cm³/mol. The summed E-state index contributed by atoms with van der Waals surface area (Å²) >= 11 is 3.03. The molecule has 4 rings (SSSR count). The van der Waals surface area contributed by atoms with Gasteiger partial charge in [-0.3, -0.25) is 9.93 Å². The van der Waals surface area contributed by atoms with E-state index in [4.69, 9.17) is 5.73 Å². The molecule has 4 aromatic rings. The number of H-pyrrole nitrogens is 1. The van der Waals surface area contributed by atoms with Crippen LogP contribution in [0, 0.1) is 5.82 Å². The largest absolute Gasteiger partial charge is 0.369 e. The highest BCUT2D eigenvalue weighted by Gasteiger charge is 2.09. The number of halogens is 1. The lowest BCUT2D eigenvalue weighted by Gasteiger charge is -2.08. The van der Waals surface area contributed by atoms with Gasteiger partial charge in [-0.2, -0.15) is 0 Å². The summed E-state index contributed by atoms with van der Waals surface area (Å²) in [5, 5.41) is 6.97. The van der Waals surface area contributed by atoms with Crippen LogP contribution >= 0.6 is 12.8 Å². The molecule has 0 aliphatic carbocycles. The summed E-state index contributed by atoms with van der Waals surface area (Å²) in [6.45, 7) is 0.123. The van der Waals surface area contributed by atoms with Crippen LogP contribution in [0.25, 0.3) is 22.4 Å². The van der Waals surface area contributed by atoms with E-state index in [1.807, 2.05) is 54.6 Å². The van der Waals surface area contributed by atoms with Crippen molar-refractivity contribution in [3.05, 3.63) is 95.9 Å². The number of aromatic nitrogens is 2. The molecular weight excluding hydrogens is 425 g/mol. The summed E-state index contributed by atoms with van der Waals surface area (Å²) in [6.07, 6.45) is 1.79. The number of anilines is 1. The number of nitrogens with two attached hydrogens (primary N) is 2. The number of amides is 1. The molecule has 0 fully saturated rings. The molecule has 1 aromatic heterocycles. The summed E-state index contributed by atoms with van der Waals surface area (Å²) < 4.78 is 14.4. The minimum Gasteiger partial charge on any atom is -0.369 e. The van der Waals surface area contributed by atoms with Gasteiger partial charge in [-0.05, 0) is 22.8 Å². The van der Waals surface area contributed by atoms with Gasteiger partial charge in [0.1, 0.15) is 5.82 Å². The zero-order valence-electron chi connectivity index (χ0n) is 17.3. The van der Waals surface area contributed by atoms with E-state index in [9.17, 15) is 9.18 Å². The van der Waals surface area contributed by atoms with E-state index in [-0.39, 0.29) is 24.8 Å². The Balaban J connectivity index is 0.00000141. The third-order valence-corrected chi connectivity index (χ3v) is 4.86. The zero-order chi connectivity index (χ0) is 22.9. The molecule has 6 nitrogen and oxygen atoms in total. The smallest absolute Gasteiger partial charge is 0.224 e. The van der Waals surface area contributed by atoms with Gasteiger partial charge in [0.05, 0.1) is 18.3 Å². The number of imidazole rings is 1. The van der Waals surface area contributed by atoms with Crippen LogP contribution in [-0.2, 0) is 17.8 Å². The molecule has 6 N–H and O–H groups in total. The van der Waals surface area contributed by atoms with Crippen molar-refractivity contribution in [2.75, 3.05) is 5.73 Å². The first kappa shape index (κ1) is 23.1. The second-order valence-corrected chi connectivity index (χ2v) is 7.00. The lowest BCUT2D eigenvalue weighted by atomic mass is 10.0. The molecular formula is C24H24FN5OS. The summed E-state index contributed by atoms with van der Waals surface area (Å²) in [7, 11) is 0. The molecule has 0 aliphatic rings. The molecule has 164 valence electrons. The summed E-state index contributed by atoms with van der Waals surface area (Å²) in [5.74, 6) is -0.279. The van der Waals surface area contributed by atoms with Crippen LogP contribution in [0.15, 0.2) is 79.0 Å². The maximum atomic E-state index is 14.4. The van der Waals surface area contributed by atoms with Crippen LogP contribution in [0.5, 0.6) is 0 Å². The number of hydrogen-bond acceptors (Lipinski definition) is 5. The first-order valence-corrected chi connectivity index (χ1v) is 10.4. The fourth-order valence-electron chi connectivity index (χ4n) is 3.23. The molecule has 0 saturated carbocycles. The van der Waals surface area contributed by atoms with Crippen molar-refractivity contribution in [3.63, 3.8) is 0 Å². The molecule has 1 amide bonds. The summed E-state index contributed by atoms with van der Waals surface area (Å²) in [5.41, 5.74) is 10.4. The molecule has 0 bridgehead atoms. The highest BCUT2D eigenvalue weighted by atomic mass is 32.1. The second kappa shape index (κ2) is 11.1. The minimum absolute atomic E-state index is 0.123. The summed E-state index contributed by atoms with van der Waals surface area (Å²) in [4.78, 5) is 19.1. The third kappa shape index (κ3) is 5.96. The number of nitrogens with one attached hydrogen (secondary N) is 2. The fraction of sp³-hybridized carbons (Fsp3) is 0.0833. The van der Waals surface area contributed by atoms with E-state index in [1.54, 1.807) is 18.3 Å². The molecule has 0 aliphatic heterocycles. The third-order valence-electron chi connectivity index (χ3n) is 4.86. The van der Waals surface area contributed by atoms with E-state index >= 15 is 0 Å². The van der Waals surface area contributed by atoms with E-state index < -0.39 is 5.82 Å². The number of rotatable bonds is 6. The Morgan fingerprint density at radius 2 is 1.62 bits per heavy atom. The average Bonchev–Trinajstić information content (AvgIpc) is 3.27. The highest BCUT2D eigenvalue weighted by molar-refractivity contribution is 7.77. The van der Waals surface area contributed by atoms with Crippen molar-refractivity contribution in [2.24, 2.45) is 5.14 Å². The Morgan fingerprint density at radius 1 is 0.969 bits per heavy atom. The van der Waals surface area contributed by atoms with Crippen molar-refractivity contribution >= 4 is 24.7 Å². The molecule has 0 unspecified atom stereocenters. The lowest BCUT2D eigenvalue weighted by Crippen LogP contribution is -2.25. The monoisotopic (exact) mass is 449 g/mol. The van der Waals surface area contributed by atoms with Gasteiger partial charge in [0.25, 0.3) is 0 Å². The van der Waals surface area contributed by atoms with Crippen molar-refractivity contribution in [1.29, 1.82) is 0 Å². The number of carbonyl (C=O) groups excluding carboxylic acids is 1. The van der Waals surface area contributed by atoms with Crippen LogP contribution < -0.4 is 16.2 Å². The molecule has 0 spiro atoms. The van der Waals surface area contributed by atoms with Crippen molar-refractivity contribution in [2.45, 2.75) is 13.0 Å². The predicted octanol–water partition coefficient (Wildman–Crippen LogP) is 4.11.